The fraction of sp³-hybridized carbons (Fsp3) is 0.569. The predicted octanol–water partition coefficient (Wildman–Crippen LogP) is 15.0. The van der Waals surface area contributed by atoms with Crippen LogP contribution in [0.4, 0.5) is 0 Å². The molecule has 0 aromatic heterocycles. The van der Waals surface area contributed by atoms with Gasteiger partial charge in [0.15, 0.2) is 6.10 Å². The second kappa shape index (κ2) is 51.0. The highest BCUT2D eigenvalue weighted by atomic mass is 31.2. The minimum atomic E-state index is -4.79. The first-order valence-electron chi connectivity index (χ1n) is 26.1. The second-order valence-corrected chi connectivity index (χ2v) is 18.0. The number of aliphatic hydroxyl groups is 1. The normalized spacial score (nSPS) is 14.5. The highest BCUT2D eigenvalue weighted by Gasteiger charge is 2.28. The van der Waals surface area contributed by atoms with E-state index in [-0.39, 0.29) is 19.3 Å². The van der Waals surface area contributed by atoms with Crippen molar-refractivity contribution >= 4 is 25.7 Å². The standard InChI is InChI=1S/C58H91O11P/c1-4-7-10-13-16-19-21-23-25-26-27-28-30-31-33-36-38-41-44-47-56(60)65-51-55(69-58(62)49-46-43-40-37-34-32-29-24-22-20-17-14-11-8-5-2)53-67-70(63,64)66-52-54(50-59)68-57(61)48-45-42-39-35-18-15-12-9-6-3/h7-8,10-11,16-17,19-20,23-25,27-29,31,33-34,37-38,41,43,46,54-55,59H,4-6,9,12-15,18,21-22,26,30,32,35-36,39-40,42,44-45,47-53H2,1-3H3,(H,63,64)/b10-7-,11-8-,19-16-,20-17-,25-23-,28-27-,29-24-,33-31-,37-34-,41-38-,46-43-. The number of carbonyl (C=O) groups excluding carboxylic acids is 3. The summed E-state index contributed by atoms with van der Waals surface area (Å²) in [5.41, 5.74) is 0. The summed E-state index contributed by atoms with van der Waals surface area (Å²) in [6.45, 7) is 4.15. The van der Waals surface area contributed by atoms with Crippen LogP contribution in [0.2, 0.25) is 0 Å². The summed E-state index contributed by atoms with van der Waals surface area (Å²) in [7, 11) is -4.79. The Morgan fingerprint density at radius 1 is 0.429 bits per heavy atom. The lowest BCUT2D eigenvalue weighted by molar-refractivity contribution is -0.160. The highest BCUT2D eigenvalue weighted by molar-refractivity contribution is 7.47. The zero-order chi connectivity index (χ0) is 51.3. The summed E-state index contributed by atoms with van der Waals surface area (Å²) in [6, 6.07) is 0. The fourth-order valence-electron chi connectivity index (χ4n) is 6.22. The van der Waals surface area contributed by atoms with Gasteiger partial charge in [-0.15, -0.1) is 0 Å². The van der Waals surface area contributed by atoms with Crippen molar-refractivity contribution in [3.63, 3.8) is 0 Å². The number of allylic oxidation sites excluding steroid dienone is 21. The van der Waals surface area contributed by atoms with E-state index in [0.717, 1.165) is 83.5 Å². The Morgan fingerprint density at radius 2 is 0.800 bits per heavy atom. The number of carbonyl (C=O) groups is 3. The van der Waals surface area contributed by atoms with Crippen molar-refractivity contribution in [3.8, 4) is 0 Å². The van der Waals surface area contributed by atoms with Gasteiger partial charge in [-0.1, -0.05) is 206 Å². The molecule has 0 bridgehead atoms. The van der Waals surface area contributed by atoms with Crippen LogP contribution in [0.15, 0.2) is 134 Å². The Balaban J connectivity index is 4.99. The van der Waals surface area contributed by atoms with Gasteiger partial charge in [0.05, 0.1) is 26.2 Å². The molecule has 0 radical (unpaired) electrons. The van der Waals surface area contributed by atoms with Crippen molar-refractivity contribution in [3.05, 3.63) is 134 Å². The minimum Gasteiger partial charge on any atom is -0.462 e. The molecule has 0 saturated carbocycles. The lowest BCUT2D eigenvalue weighted by Crippen LogP contribution is -2.30. The summed E-state index contributed by atoms with van der Waals surface area (Å²) in [5.74, 6) is -1.74. The molecule has 3 atom stereocenters. The topological polar surface area (TPSA) is 155 Å². The Morgan fingerprint density at radius 3 is 1.23 bits per heavy atom. The number of hydrogen-bond donors (Lipinski definition) is 2. The maximum absolute atomic E-state index is 12.8. The summed E-state index contributed by atoms with van der Waals surface area (Å²) >= 11 is 0. The number of phosphoric acid groups is 1. The zero-order valence-electron chi connectivity index (χ0n) is 43.2. The number of aliphatic hydroxyl groups excluding tert-OH is 1. The van der Waals surface area contributed by atoms with E-state index in [2.05, 4.69) is 118 Å². The number of esters is 3. The van der Waals surface area contributed by atoms with Gasteiger partial charge >= 0.3 is 25.7 Å². The molecule has 0 aromatic rings. The summed E-state index contributed by atoms with van der Waals surface area (Å²) in [5, 5.41) is 9.74. The van der Waals surface area contributed by atoms with Crippen LogP contribution in [0.5, 0.6) is 0 Å². The van der Waals surface area contributed by atoms with Crippen molar-refractivity contribution in [2.75, 3.05) is 26.4 Å². The average Bonchev–Trinajstić information content (AvgIpc) is 3.35. The van der Waals surface area contributed by atoms with Gasteiger partial charge in [-0.25, -0.2) is 4.57 Å². The van der Waals surface area contributed by atoms with Crippen LogP contribution in [0.25, 0.3) is 0 Å². The van der Waals surface area contributed by atoms with E-state index < -0.39 is 64.4 Å². The molecule has 0 rings (SSSR count). The van der Waals surface area contributed by atoms with Crippen LogP contribution < -0.4 is 0 Å². The van der Waals surface area contributed by atoms with Crippen molar-refractivity contribution in [1.82, 2.24) is 0 Å². The van der Waals surface area contributed by atoms with Gasteiger partial charge in [-0.05, 0) is 83.5 Å². The van der Waals surface area contributed by atoms with Crippen LogP contribution in [0.3, 0.4) is 0 Å². The van der Waals surface area contributed by atoms with Gasteiger partial charge < -0.3 is 24.2 Å². The third-order valence-corrected chi connectivity index (χ3v) is 11.1. The Labute approximate surface area is 423 Å². The van der Waals surface area contributed by atoms with Crippen molar-refractivity contribution in [2.24, 2.45) is 0 Å². The molecule has 0 aliphatic carbocycles. The van der Waals surface area contributed by atoms with E-state index in [1.165, 1.54) is 32.1 Å². The van der Waals surface area contributed by atoms with Crippen LogP contribution in [-0.2, 0) is 42.2 Å². The van der Waals surface area contributed by atoms with Gasteiger partial charge in [0.2, 0.25) is 0 Å². The molecule has 70 heavy (non-hydrogen) atoms. The molecule has 12 heteroatoms. The maximum Gasteiger partial charge on any atom is 0.472 e. The lowest BCUT2D eigenvalue weighted by atomic mass is 10.1. The third-order valence-electron chi connectivity index (χ3n) is 10.1. The summed E-state index contributed by atoms with van der Waals surface area (Å²) in [6.07, 6.45) is 63.4. The molecule has 0 fully saturated rings. The molecule has 0 spiro atoms. The second-order valence-electron chi connectivity index (χ2n) is 16.6. The Hall–Kier alpha value is -4.38. The number of ether oxygens (including phenoxy) is 3. The van der Waals surface area contributed by atoms with Gasteiger partial charge in [0, 0.05) is 12.8 Å². The van der Waals surface area contributed by atoms with Crippen molar-refractivity contribution in [1.29, 1.82) is 0 Å². The molecule has 0 amide bonds. The molecule has 0 aliphatic rings. The molecule has 2 N–H and O–H groups in total. The molecule has 11 nitrogen and oxygen atoms in total. The number of unbranched alkanes of at least 4 members (excludes halogenated alkanes) is 8. The average molecular weight is 995 g/mol. The SMILES string of the molecule is CC/C=C\C/C=C\C/C=C\C/C=C\C/C=C\C/C=C\CCC(=O)OCC(COP(=O)(O)OCC(CO)OC(=O)CCCCCCCCCCC)OC(=O)C/C=C\C/C=C\C/C=C\C/C=C\C/C=C\CC. The molecule has 0 aromatic carbocycles. The molecule has 0 aliphatic heterocycles. The number of rotatable bonds is 46. The lowest BCUT2D eigenvalue weighted by Gasteiger charge is -2.21. The molecular weight excluding hydrogens is 904 g/mol. The summed E-state index contributed by atoms with van der Waals surface area (Å²) in [4.78, 5) is 48.2. The fourth-order valence-corrected chi connectivity index (χ4v) is 7.00. The maximum atomic E-state index is 12.8. The van der Waals surface area contributed by atoms with Crippen LogP contribution in [0, 0.1) is 0 Å². The first kappa shape index (κ1) is 65.6. The van der Waals surface area contributed by atoms with Crippen molar-refractivity contribution in [2.45, 2.75) is 187 Å². The number of phosphoric ester groups is 1. The minimum absolute atomic E-state index is 0.0751. The highest BCUT2D eigenvalue weighted by Crippen LogP contribution is 2.43. The van der Waals surface area contributed by atoms with Crippen LogP contribution >= 0.6 is 7.82 Å². The summed E-state index contributed by atoms with van der Waals surface area (Å²) < 4.78 is 39.1. The number of hydrogen-bond acceptors (Lipinski definition) is 10. The first-order chi connectivity index (χ1) is 34.2. The molecular formula is C58H91O11P. The van der Waals surface area contributed by atoms with E-state index in [0.29, 0.717) is 19.3 Å². The molecule has 3 unspecified atom stereocenters. The quantitative estimate of drug-likeness (QED) is 0.0197. The van der Waals surface area contributed by atoms with Crippen LogP contribution in [0.1, 0.15) is 175 Å². The van der Waals surface area contributed by atoms with Gasteiger partial charge in [-0.3, -0.25) is 23.4 Å². The van der Waals surface area contributed by atoms with E-state index >= 15 is 0 Å². The largest absolute Gasteiger partial charge is 0.472 e. The first-order valence-corrected chi connectivity index (χ1v) is 27.6. The van der Waals surface area contributed by atoms with Gasteiger partial charge in [0.25, 0.3) is 0 Å². The molecule has 0 saturated heterocycles. The monoisotopic (exact) mass is 995 g/mol. The van der Waals surface area contributed by atoms with Crippen molar-refractivity contribution < 1.29 is 52.2 Å². The zero-order valence-corrected chi connectivity index (χ0v) is 44.1. The van der Waals surface area contributed by atoms with Gasteiger partial charge in [0.1, 0.15) is 12.7 Å². The third kappa shape index (κ3) is 48.6. The van der Waals surface area contributed by atoms with E-state index in [4.69, 9.17) is 23.3 Å². The Bertz CT molecular complexity index is 1680. The van der Waals surface area contributed by atoms with E-state index in [9.17, 15) is 28.9 Å². The van der Waals surface area contributed by atoms with Crippen LogP contribution in [-0.4, -0.2) is 66.5 Å². The van der Waals surface area contributed by atoms with E-state index in [1.54, 1.807) is 6.08 Å². The van der Waals surface area contributed by atoms with Gasteiger partial charge in [-0.2, -0.15) is 0 Å². The predicted molar refractivity (Wildman–Crippen MR) is 288 cm³/mol. The molecule has 394 valence electrons. The molecule has 0 heterocycles. The van der Waals surface area contributed by atoms with E-state index in [1.807, 2.05) is 30.4 Å². The smallest absolute Gasteiger partial charge is 0.462 e. The Kier molecular flexibility index (Phi) is 47.8.